The number of nitrogens with zero attached hydrogens (tertiary/aromatic N) is 1. The summed E-state index contributed by atoms with van der Waals surface area (Å²) in [6.45, 7) is 13.1. The monoisotopic (exact) mass is 443 g/mol. The first kappa shape index (κ1) is 24.5. The molecule has 6 heteroatoms. The molecule has 1 heterocycles. The molecule has 0 amide bonds. The molecule has 0 spiro atoms. The van der Waals surface area contributed by atoms with Gasteiger partial charge in [-0.05, 0) is 47.9 Å². The van der Waals surface area contributed by atoms with Crippen molar-refractivity contribution in [2.75, 3.05) is 12.4 Å². The molecule has 0 aliphatic rings. The van der Waals surface area contributed by atoms with Crippen molar-refractivity contribution in [1.29, 1.82) is 5.26 Å². The molecule has 0 aliphatic carbocycles. The van der Waals surface area contributed by atoms with E-state index in [9.17, 15) is 9.81 Å². The summed E-state index contributed by atoms with van der Waals surface area (Å²) in [5.74, 6) is 1.17. The zero-order valence-electron chi connectivity index (χ0n) is 18.7. The summed E-state index contributed by atoms with van der Waals surface area (Å²) < 4.78 is 14.5. The molecule has 2 aromatic rings. The van der Waals surface area contributed by atoms with Gasteiger partial charge in [0.15, 0.2) is 4.90 Å². The molecular weight excluding hydrogens is 410 g/mol. The van der Waals surface area contributed by atoms with E-state index in [1.54, 1.807) is 18.4 Å². The van der Waals surface area contributed by atoms with Crippen LogP contribution in [-0.4, -0.2) is 11.6 Å². The maximum atomic E-state index is 11.8. The number of aryl methyl sites for hydroxylation is 1. The second-order valence-electron chi connectivity index (χ2n) is 7.76. The summed E-state index contributed by atoms with van der Waals surface area (Å²) in [5, 5.41) is 14.2. The quantitative estimate of drug-likeness (QED) is 0.429. The van der Waals surface area contributed by atoms with Crippen LogP contribution in [0.4, 0.5) is 5.00 Å². The molecule has 3 atom stereocenters. The third kappa shape index (κ3) is 6.12. The SMILES string of the molecule is C=C(Cc1ccc([S+]([O-])NC)cc1)Nc1sc(CC)c(CC(C)C(C)CC)c1C#N. The van der Waals surface area contributed by atoms with E-state index in [-0.39, 0.29) is 0 Å². The molecule has 4 nitrogen and oxygen atoms in total. The lowest BCUT2D eigenvalue weighted by Gasteiger charge is -2.18. The van der Waals surface area contributed by atoms with Gasteiger partial charge in [-0.2, -0.15) is 5.26 Å². The Morgan fingerprint density at radius 3 is 2.43 bits per heavy atom. The molecule has 2 N–H and O–H groups in total. The zero-order valence-corrected chi connectivity index (χ0v) is 20.3. The van der Waals surface area contributed by atoms with Gasteiger partial charge in [0.25, 0.3) is 0 Å². The number of nitriles is 1. The van der Waals surface area contributed by atoms with Gasteiger partial charge in [0.05, 0.1) is 16.9 Å². The first-order valence-electron chi connectivity index (χ1n) is 10.5. The van der Waals surface area contributed by atoms with Gasteiger partial charge in [-0.1, -0.05) is 52.8 Å². The van der Waals surface area contributed by atoms with Gasteiger partial charge in [-0.25, -0.2) is 0 Å². The largest absolute Gasteiger partial charge is 0.593 e. The third-order valence-corrected chi connectivity index (χ3v) is 8.06. The average Bonchev–Trinajstić information content (AvgIpc) is 3.08. The average molecular weight is 444 g/mol. The van der Waals surface area contributed by atoms with Crippen LogP contribution >= 0.6 is 11.3 Å². The highest BCUT2D eigenvalue weighted by molar-refractivity contribution is 7.89. The molecule has 0 bridgehead atoms. The highest BCUT2D eigenvalue weighted by atomic mass is 32.2. The van der Waals surface area contributed by atoms with Crippen molar-refractivity contribution in [3.63, 3.8) is 0 Å². The molecule has 2 rings (SSSR count). The summed E-state index contributed by atoms with van der Waals surface area (Å²) >= 11 is 0.497. The normalized spacial score (nSPS) is 14.0. The molecular formula is C24H33N3OS2. The van der Waals surface area contributed by atoms with E-state index in [0.717, 1.165) is 46.0 Å². The van der Waals surface area contributed by atoms with Gasteiger partial charge in [0.1, 0.15) is 11.1 Å². The van der Waals surface area contributed by atoms with Crippen molar-refractivity contribution in [1.82, 2.24) is 4.72 Å². The molecule has 0 saturated heterocycles. The minimum Gasteiger partial charge on any atom is -0.593 e. The second kappa shape index (κ2) is 11.6. The van der Waals surface area contributed by atoms with Crippen LogP contribution in [0.15, 0.2) is 41.4 Å². The fourth-order valence-corrected chi connectivity index (χ4v) is 5.23. The standard InChI is InChI=1S/C24H33N3OS2/c1-7-16(3)17(4)13-21-22(15-25)24(29-23(21)8-2)27-18(5)14-19-9-11-20(12-10-19)30(28)26-6/h9-12,16-17,26-27H,5,7-8,13-14H2,1-4,6H3. The third-order valence-electron chi connectivity index (χ3n) is 5.70. The van der Waals surface area contributed by atoms with Gasteiger partial charge in [-0.3, -0.25) is 0 Å². The Labute approximate surface area is 188 Å². The number of benzene rings is 1. The van der Waals surface area contributed by atoms with E-state index in [2.05, 4.69) is 50.4 Å². The summed E-state index contributed by atoms with van der Waals surface area (Å²) in [5.41, 5.74) is 3.90. The van der Waals surface area contributed by atoms with Gasteiger partial charge in [-0.15, -0.1) is 16.1 Å². The maximum Gasteiger partial charge on any atom is 0.173 e. The zero-order chi connectivity index (χ0) is 22.3. The van der Waals surface area contributed by atoms with Crippen molar-refractivity contribution >= 4 is 27.7 Å². The lowest BCUT2D eigenvalue weighted by molar-refractivity contribution is 0.375. The van der Waals surface area contributed by atoms with E-state index >= 15 is 0 Å². The Hall–Kier alpha value is -1.78. The van der Waals surface area contributed by atoms with Crippen LogP contribution in [0.5, 0.6) is 0 Å². The number of rotatable bonds is 11. The van der Waals surface area contributed by atoms with E-state index in [0.29, 0.717) is 18.3 Å². The van der Waals surface area contributed by atoms with Crippen molar-refractivity contribution < 1.29 is 4.55 Å². The lowest BCUT2D eigenvalue weighted by atomic mass is 9.87. The minimum absolute atomic E-state index is 0.541. The maximum absolute atomic E-state index is 11.8. The predicted octanol–water partition coefficient (Wildman–Crippen LogP) is 5.82. The number of thiophene rings is 1. The number of anilines is 1. The first-order chi connectivity index (χ1) is 14.3. The highest BCUT2D eigenvalue weighted by Crippen LogP contribution is 2.37. The van der Waals surface area contributed by atoms with Gasteiger partial charge in [0, 0.05) is 24.0 Å². The predicted molar refractivity (Wildman–Crippen MR) is 129 cm³/mol. The van der Waals surface area contributed by atoms with Crippen LogP contribution in [0.1, 0.15) is 55.7 Å². The van der Waals surface area contributed by atoms with Crippen molar-refractivity contribution in [3.05, 3.63) is 58.1 Å². The number of nitrogens with one attached hydrogen (secondary N) is 2. The fraction of sp³-hybridized carbons (Fsp3) is 0.458. The molecule has 0 radical (unpaired) electrons. The molecule has 1 aromatic carbocycles. The molecule has 3 unspecified atom stereocenters. The van der Waals surface area contributed by atoms with Crippen LogP contribution in [-0.2, 0) is 30.6 Å². The Kier molecular flexibility index (Phi) is 9.44. The van der Waals surface area contributed by atoms with Crippen LogP contribution in [0.25, 0.3) is 0 Å². The molecule has 0 fully saturated rings. The Morgan fingerprint density at radius 2 is 1.90 bits per heavy atom. The summed E-state index contributed by atoms with van der Waals surface area (Å²) in [6, 6.07) is 10.1. The summed E-state index contributed by atoms with van der Waals surface area (Å²) in [7, 11) is 1.67. The Balaban J connectivity index is 2.15. The van der Waals surface area contributed by atoms with E-state index in [1.807, 2.05) is 24.3 Å². The van der Waals surface area contributed by atoms with Crippen molar-refractivity contribution in [3.8, 4) is 6.07 Å². The van der Waals surface area contributed by atoms with Crippen molar-refractivity contribution in [2.45, 2.75) is 58.3 Å². The summed E-state index contributed by atoms with van der Waals surface area (Å²) in [6.07, 6.45) is 3.67. The minimum atomic E-state index is -1.18. The number of hydrogen-bond donors (Lipinski definition) is 2. The van der Waals surface area contributed by atoms with E-state index in [1.165, 1.54) is 10.4 Å². The topological polar surface area (TPSA) is 70.9 Å². The molecule has 0 saturated carbocycles. The molecule has 0 aliphatic heterocycles. The van der Waals surface area contributed by atoms with Crippen molar-refractivity contribution in [2.24, 2.45) is 11.8 Å². The fourth-order valence-electron chi connectivity index (χ4n) is 3.45. The number of allylic oxidation sites excluding steroid dienone is 1. The number of hydrogen-bond acceptors (Lipinski definition) is 5. The van der Waals surface area contributed by atoms with Gasteiger partial charge in [0.2, 0.25) is 0 Å². The van der Waals surface area contributed by atoms with Gasteiger partial charge >= 0.3 is 0 Å². The van der Waals surface area contributed by atoms with E-state index < -0.39 is 11.4 Å². The Morgan fingerprint density at radius 1 is 1.23 bits per heavy atom. The van der Waals surface area contributed by atoms with Crippen LogP contribution < -0.4 is 10.0 Å². The van der Waals surface area contributed by atoms with Gasteiger partial charge < -0.3 is 9.87 Å². The van der Waals surface area contributed by atoms with Crippen LogP contribution in [0, 0.1) is 23.2 Å². The highest BCUT2D eigenvalue weighted by Gasteiger charge is 2.21. The molecule has 1 aromatic heterocycles. The first-order valence-corrected chi connectivity index (χ1v) is 12.5. The lowest BCUT2D eigenvalue weighted by Crippen LogP contribution is -2.18. The molecule has 162 valence electrons. The second-order valence-corrected chi connectivity index (χ2v) is 10.3. The summed E-state index contributed by atoms with van der Waals surface area (Å²) in [4.78, 5) is 2.04. The Bertz CT molecular complexity index is 883. The van der Waals surface area contributed by atoms with Crippen LogP contribution in [0.3, 0.4) is 0 Å². The van der Waals surface area contributed by atoms with Crippen LogP contribution in [0.2, 0.25) is 0 Å². The van der Waals surface area contributed by atoms with E-state index in [4.69, 9.17) is 0 Å². The smallest absolute Gasteiger partial charge is 0.173 e. The molecule has 30 heavy (non-hydrogen) atoms.